The van der Waals surface area contributed by atoms with Gasteiger partial charge >= 0.3 is 66.4 Å². The molecule has 0 aromatic carbocycles. The fourth-order valence-electron chi connectivity index (χ4n) is 0. The molecule has 0 amide bonds. The third-order valence-corrected chi connectivity index (χ3v) is 0. The van der Waals surface area contributed by atoms with Crippen LogP contribution in [0.5, 0.6) is 0 Å². The molecule has 0 heterocycles. The van der Waals surface area contributed by atoms with Crippen molar-refractivity contribution < 1.29 is 15.1 Å². The molecule has 0 aromatic rings. The summed E-state index contributed by atoms with van der Waals surface area (Å²) in [6, 6.07) is 0. The Hall–Kier alpha value is 1.94. The van der Waals surface area contributed by atoms with Gasteiger partial charge in [0.1, 0.15) is 0 Å². The van der Waals surface area contributed by atoms with E-state index in [1.165, 1.54) is 0 Å². The molecule has 0 unspecified atom stereocenters. The van der Waals surface area contributed by atoms with Crippen molar-refractivity contribution in [3.63, 3.8) is 0 Å². The summed E-state index contributed by atoms with van der Waals surface area (Å²) in [4.78, 5) is 0. The third kappa shape index (κ3) is 38.4. The second-order valence-corrected chi connectivity index (χ2v) is 0.346. The van der Waals surface area contributed by atoms with Gasteiger partial charge in [-0.3, -0.25) is 0 Å². The van der Waals surface area contributed by atoms with E-state index in [0.29, 0.717) is 0 Å². The first-order valence-electron chi connectivity index (χ1n) is 0.775. The number of hydrogen-bond acceptors (Lipinski definition) is 3. The molecule has 0 bridgehead atoms. The van der Waals surface area contributed by atoms with Gasteiger partial charge in [0.15, 0.2) is 0 Å². The Kier molecular flexibility index (Phi) is 26.2. The average molecular weight is 110 g/mol. The number of hydrogen-bond donors (Lipinski definition) is 3. The summed E-state index contributed by atoms with van der Waals surface area (Å²) >= 11 is 0. The Labute approximate surface area is 80.5 Å². The van der Waals surface area contributed by atoms with Crippen molar-refractivity contribution in [2.24, 2.45) is 0 Å². The molecule has 0 spiro atoms. The van der Waals surface area contributed by atoms with E-state index in [9.17, 15) is 0 Å². The normalized spacial score (nSPS) is 4.50. The van der Waals surface area contributed by atoms with Crippen LogP contribution in [0.2, 0.25) is 0 Å². The van der Waals surface area contributed by atoms with Crippen molar-refractivity contribution in [1.82, 2.24) is 0 Å². The Bertz CT molecular complexity index is 13.5. The molecule has 0 saturated carbocycles. The van der Waals surface area contributed by atoms with Gasteiger partial charge in [-0.2, -0.15) is 0 Å². The van der Waals surface area contributed by atoms with Crippen LogP contribution in [0.25, 0.3) is 0 Å². The van der Waals surface area contributed by atoms with Gasteiger partial charge in [-0.1, -0.05) is 0 Å². The fourth-order valence-corrected chi connectivity index (χ4v) is 0. The van der Waals surface area contributed by atoms with E-state index in [1.807, 2.05) is 0 Å². The van der Waals surface area contributed by atoms with Crippen LogP contribution in [-0.2, 0) is 0 Å². The van der Waals surface area contributed by atoms with Crippen LogP contribution in [0.15, 0.2) is 0 Å². The van der Waals surface area contributed by atoms with E-state index in [2.05, 4.69) is 0 Å². The van der Waals surface area contributed by atoms with Crippen molar-refractivity contribution in [3.05, 3.63) is 0 Å². The van der Waals surface area contributed by atoms with Crippen LogP contribution in [0.1, 0.15) is 0 Å². The van der Waals surface area contributed by atoms with Crippen molar-refractivity contribution in [1.29, 1.82) is 0 Å². The second kappa shape index (κ2) is 10.0. The Balaban J connectivity index is -0.0000000450. The van der Waals surface area contributed by atoms with Gasteiger partial charge in [0.25, 0.3) is 0 Å². The molecule has 0 fully saturated rings. The van der Waals surface area contributed by atoms with Gasteiger partial charge in [-0.15, -0.1) is 0 Å². The molecule has 0 radical (unpaired) electrons. The van der Waals surface area contributed by atoms with Crippen LogP contribution >= 0.6 is 0 Å². The standard InChI is InChI=1S/BH3O3.2Na.2H/c2-1(3)4;;;;/h2-4H;;;;. The first-order valence-corrected chi connectivity index (χ1v) is 0.775. The van der Waals surface area contributed by atoms with E-state index in [0.717, 1.165) is 0 Å². The zero-order valence-corrected chi connectivity index (χ0v) is 1.92. The van der Waals surface area contributed by atoms with E-state index in [4.69, 9.17) is 15.1 Å². The molecule has 3 N–H and O–H groups in total. The minimum atomic E-state index is -2.17. The molecule has 0 saturated heterocycles. The predicted octanol–water partition coefficient (Wildman–Crippen LogP) is -3.35. The summed E-state index contributed by atoms with van der Waals surface area (Å²) in [6.07, 6.45) is 0. The van der Waals surface area contributed by atoms with Gasteiger partial charge in [0.2, 0.25) is 0 Å². The Morgan fingerprint density at radius 1 is 0.833 bits per heavy atom. The molecule has 0 aliphatic rings. The third-order valence-electron chi connectivity index (χ3n) is 0. The molecular weight excluding hydrogens is 105 g/mol. The molecule has 6 heavy (non-hydrogen) atoms. The molecule has 6 heteroatoms. The maximum atomic E-state index is 7.17. The molecule has 28 valence electrons. The van der Waals surface area contributed by atoms with Gasteiger partial charge in [-0.25, -0.2) is 0 Å². The minimum absolute atomic E-state index is 0. The summed E-state index contributed by atoms with van der Waals surface area (Å²) in [5, 5.41) is 21.5. The molecule has 0 aromatic heterocycles. The van der Waals surface area contributed by atoms with Gasteiger partial charge in [-0.05, 0) is 0 Å². The molecule has 3 nitrogen and oxygen atoms in total. The van der Waals surface area contributed by atoms with E-state index >= 15 is 0 Å². The van der Waals surface area contributed by atoms with Gasteiger partial charge in [0.05, 0.1) is 0 Å². The van der Waals surface area contributed by atoms with Crippen LogP contribution in [0, 0.1) is 0 Å². The van der Waals surface area contributed by atoms with Gasteiger partial charge in [0, 0.05) is 0 Å². The first kappa shape index (κ1) is 15.7. The van der Waals surface area contributed by atoms with E-state index in [-0.39, 0.29) is 59.1 Å². The fraction of sp³-hybridized carbons (Fsp3) is 0. The van der Waals surface area contributed by atoms with Crippen molar-refractivity contribution in [2.45, 2.75) is 0 Å². The van der Waals surface area contributed by atoms with E-state index < -0.39 is 7.32 Å². The zero-order chi connectivity index (χ0) is 3.58. The van der Waals surface area contributed by atoms with Crippen LogP contribution < -0.4 is 0 Å². The van der Waals surface area contributed by atoms with Crippen LogP contribution in [0.4, 0.5) is 0 Å². The van der Waals surface area contributed by atoms with E-state index in [1.54, 1.807) is 0 Å². The first-order chi connectivity index (χ1) is 1.73. The summed E-state index contributed by atoms with van der Waals surface area (Å²) in [5.41, 5.74) is 0. The molecule has 0 aliphatic heterocycles. The summed E-state index contributed by atoms with van der Waals surface area (Å²) in [6.45, 7) is 0. The maximum absolute atomic E-state index is 7.17. The SMILES string of the molecule is OB(O)O.[NaH].[NaH]. The monoisotopic (exact) mass is 110 g/mol. The Morgan fingerprint density at radius 3 is 0.833 bits per heavy atom. The average Bonchev–Trinajstić information content (AvgIpc) is 0.811. The molecular formula is H5BNa2O3. The zero-order valence-electron chi connectivity index (χ0n) is 1.92. The topological polar surface area (TPSA) is 60.7 Å². The molecule has 0 aliphatic carbocycles. The molecule has 0 rings (SSSR count). The van der Waals surface area contributed by atoms with Gasteiger partial charge < -0.3 is 15.1 Å². The van der Waals surface area contributed by atoms with Crippen molar-refractivity contribution in [2.75, 3.05) is 0 Å². The van der Waals surface area contributed by atoms with Crippen molar-refractivity contribution in [3.8, 4) is 0 Å². The second-order valence-electron chi connectivity index (χ2n) is 0.346. The van der Waals surface area contributed by atoms with Crippen LogP contribution in [-0.4, -0.2) is 81.5 Å². The quantitative estimate of drug-likeness (QED) is 0.285. The summed E-state index contributed by atoms with van der Waals surface area (Å²) < 4.78 is 0. The number of rotatable bonds is 0. The van der Waals surface area contributed by atoms with Crippen molar-refractivity contribution >= 4 is 66.4 Å². The predicted molar refractivity (Wildman–Crippen MR) is 26.7 cm³/mol. The van der Waals surface area contributed by atoms with Crippen LogP contribution in [0.3, 0.4) is 0 Å². The Morgan fingerprint density at radius 2 is 0.833 bits per heavy atom. The summed E-state index contributed by atoms with van der Waals surface area (Å²) in [5.74, 6) is 0. The summed E-state index contributed by atoms with van der Waals surface area (Å²) in [7, 11) is -2.17. The molecule has 0 atom stereocenters.